The van der Waals surface area contributed by atoms with E-state index < -0.39 is 0 Å². The second-order valence-electron chi connectivity index (χ2n) is 4.26. The molecule has 2 rings (SSSR count). The zero-order valence-corrected chi connectivity index (χ0v) is 9.31. The molecule has 1 heterocycles. The van der Waals surface area contributed by atoms with Crippen LogP contribution in [0.25, 0.3) is 0 Å². The van der Waals surface area contributed by atoms with Crippen LogP contribution in [0.4, 0.5) is 0 Å². The van der Waals surface area contributed by atoms with Gasteiger partial charge in [-0.2, -0.15) is 5.26 Å². The summed E-state index contributed by atoms with van der Waals surface area (Å²) in [5, 5.41) is 8.79. The zero-order chi connectivity index (χ0) is 11.5. The first kappa shape index (κ1) is 10.7. The Morgan fingerprint density at radius 1 is 1.56 bits per heavy atom. The molecular weight excluding hydrogens is 200 g/mol. The van der Waals surface area contributed by atoms with Gasteiger partial charge in [-0.05, 0) is 24.1 Å². The number of nitrogens with zero attached hydrogens (tertiary/aromatic N) is 2. The molecule has 1 aromatic carbocycles. The summed E-state index contributed by atoms with van der Waals surface area (Å²) >= 11 is 0. The molecule has 0 radical (unpaired) electrons. The van der Waals surface area contributed by atoms with Gasteiger partial charge in [0.05, 0.1) is 11.6 Å². The number of amides is 1. The second kappa shape index (κ2) is 4.36. The number of rotatable bonds is 2. The third-order valence-electron chi connectivity index (χ3n) is 2.99. The third-order valence-corrected chi connectivity index (χ3v) is 2.99. The highest BCUT2D eigenvalue weighted by Crippen LogP contribution is 2.19. The van der Waals surface area contributed by atoms with Crippen molar-refractivity contribution in [2.24, 2.45) is 5.92 Å². The van der Waals surface area contributed by atoms with E-state index in [2.05, 4.69) is 6.07 Å². The summed E-state index contributed by atoms with van der Waals surface area (Å²) in [4.78, 5) is 13.6. The summed E-state index contributed by atoms with van der Waals surface area (Å²) in [6.45, 7) is 3.42. The molecule has 3 nitrogen and oxygen atoms in total. The standard InChI is InChI=1S/C13H14N2O/c1-10-5-6-15(13(10)16)9-12-4-2-3-11(7-12)8-14/h2-4,7,10H,5-6,9H2,1H3/t10-/m1/s1. The Hall–Kier alpha value is -1.82. The lowest BCUT2D eigenvalue weighted by Gasteiger charge is -2.16. The number of benzene rings is 1. The second-order valence-corrected chi connectivity index (χ2v) is 4.26. The smallest absolute Gasteiger partial charge is 0.225 e. The summed E-state index contributed by atoms with van der Waals surface area (Å²) in [6.07, 6.45) is 0.941. The van der Waals surface area contributed by atoms with Gasteiger partial charge in [-0.1, -0.05) is 19.1 Å². The van der Waals surface area contributed by atoms with Crippen LogP contribution in [0.5, 0.6) is 0 Å². The van der Waals surface area contributed by atoms with Gasteiger partial charge in [0.25, 0.3) is 0 Å². The SMILES string of the molecule is C[C@@H]1CCN(Cc2cccc(C#N)c2)C1=O. The van der Waals surface area contributed by atoms with Gasteiger partial charge in [-0.3, -0.25) is 4.79 Å². The van der Waals surface area contributed by atoms with Crippen molar-refractivity contribution in [1.82, 2.24) is 4.90 Å². The predicted octanol–water partition coefficient (Wildman–Crippen LogP) is 1.93. The summed E-state index contributed by atoms with van der Waals surface area (Å²) in [5.74, 6) is 0.376. The largest absolute Gasteiger partial charge is 0.338 e. The molecule has 0 aromatic heterocycles. The number of carbonyl (C=O) groups is 1. The Morgan fingerprint density at radius 3 is 3.00 bits per heavy atom. The monoisotopic (exact) mass is 214 g/mol. The quantitative estimate of drug-likeness (QED) is 0.755. The van der Waals surface area contributed by atoms with Crippen LogP contribution in [0.2, 0.25) is 0 Å². The molecule has 82 valence electrons. The van der Waals surface area contributed by atoms with Crippen molar-refractivity contribution in [3.63, 3.8) is 0 Å². The lowest BCUT2D eigenvalue weighted by Crippen LogP contribution is -2.26. The highest BCUT2D eigenvalue weighted by molar-refractivity contribution is 5.80. The average Bonchev–Trinajstić information content (AvgIpc) is 2.61. The topological polar surface area (TPSA) is 44.1 Å². The molecule has 0 spiro atoms. The molecule has 1 amide bonds. The summed E-state index contributed by atoms with van der Waals surface area (Å²) in [5.41, 5.74) is 1.68. The van der Waals surface area contributed by atoms with Crippen LogP contribution in [0.3, 0.4) is 0 Å². The van der Waals surface area contributed by atoms with Gasteiger partial charge in [0.15, 0.2) is 0 Å². The third kappa shape index (κ3) is 2.06. The molecule has 3 heteroatoms. The summed E-state index contributed by atoms with van der Waals surface area (Å²) in [7, 11) is 0. The molecule has 0 aliphatic carbocycles. The lowest BCUT2D eigenvalue weighted by atomic mass is 10.1. The van der Waals surface area contributed by atoms with E-state index in [0.717, 1.165) is 18.5 Å². The molecule has 1 aliphatic heterocycles. The first-order valence-electron chi connectivity index (χ1n) is 5.48. The molecule has 0 saturated carbocycles. The summed E-state index contributed by atoms with van der Waals surface area (Å²) < 4.78 is 0. The normalized spacial score (nSPS) is 19.9. The fourth-order valence-electron chi connectivity index (χ4n) is 2.01. The molecule has 1 aliphatic rings. The highest BCUT2D eigenvalue weighted by atomic mass is 16.2. The lowest BCUT2D eigenvalue weighted by molar-refractivity contribution is -0.131. The number of carbonyl (C=O) groups excluding carboxylic acids is 1. The molecule has 1 saturated heterocycles. The van der Waals surface area contributed by atoms with E-state index >= 15 is 0 Å². The van der Waals surface area contributed by atoms with Gasteiger partial charge in [0.2, 0.25) is 5.91 Å². The Morgan fingerprint density at radius 2 is 2.38 bits per heavy atom. The van der Waals surface area contributed by atoms with E-state index in [9.17, 15) is 4.79 Å². The van der Waals surface area contributed by atoms with E-state index in [1.165, 1.54) is 0 Å². The van der Waals surface area contributed by atoms with Crippen LogP contribution in [0.15, 0.2) is 24.3 Å². The van der Waals surface area contributed by atoms with Gasteiger partial charge in [-0.15, -0.1) is 0 Å². The minimum atomic E-state index is 0.152. The van der Waals surface area contributed by atoms with Crippen LogP contribution < -0.4 is 0 Å². The maximum atomic E-state index is 11.7. The first-order chi connectivity index (χ1) is 7.70. The van der Waals surface area contributed by atoms with E-state index in [4.69, 9.17) is 5.26 Å². The van der Waals surface area contributed by atoms with E-state index in [-0.39, 0.29) is 11.8 Å². The fourth-order valence-corrected chi connectivity index (χ4v) is 2.01. The van der Waals surface area contributed by atoms with Gasteiger partial charge >= 0.3 is 0 Å². The fraction of sp³-hybridized carbons (Fsp3) is 0.385. The molecule has 0 unspecified atom stereocenters. The number of hydrogen-bond acceptors (Lipinski definition) is 2. The van der Waals surface area contributed by atoms with Crippen molar-refractivity contribution in [1.29, 1.82) is 5.26 Å². The van der Waals surface area contributed by atoms with E-state index in [1.807, 2.05) is 30.0 Å². The van der Waals surface area contributed by atoms with Gasteiger partial charge < -0.3 is 4.90 Å². The zero-order valence-electron chi connectivity index (χ0n) is 9.31. The molecule has 1 fully saturated rings. The summed E-state index contributed by atoms with van der Waals surface area (Å²) in [6, 6.07) is 9.54. The number of likely N-dealkylation sites (tertiary alicyclic amines) is 1. The molecule has 1 atom stereocenters. The predicted molar refractivity (Wildman–Crippen MR) is 60.4 cm³/mol. The Kier molecular flexibility index (Phi) is 2.91. The van der Waals surface area contributed by atoms with Gasteiger partial charge in [0, 0.05) is 19.0 Å². The van der Waals surface area contributed by atoms with E-state index in [1.54, 1.807) is 6.07 Å². The average molecular weight is 214 g/mol. The maximum absolute atomic E-state index is 11.7. The van der Waals surface area contributed by atoms with Crippen molar-refractivity contribution in [3.05, 3.63) is 35.4 Å². The van der Waals surface area contributed by atoms with E-state index in [0.29, 0.717) is 12.1 Å². The van der Waals surface area contributed by atoms with Crippen LogP contribution >= 0.6 is 0 Å². The van der Waals surface area contributed by atoms with Crippen LogP contribution in [-0.4, -0.2) is 17.4 Å². The Labute approximate surface area is 95.3 Å². The number of hydrogen-bond donors (Lipinski definition) is 0. The first-order valence-corrected chi connectivity index (χ1v) is 5.48. The number of nitriles is 1. The molecule has 16 heavy (non-hydrogen) atoms. The van der Waals surface area contributed by atoms with Crippen molar-refractivity contribution in [2.75, 3.05) is 6.54 Å². The van der Waals surface area contributed by atoms with Gasteiger partial charge in [0.1, 0.15) is 0 Å². The Balaban J connectivity index is 2.10. The van der Waals surface area contributed by atoms with Crippen molar-refractivity contribution < 1.29 is 4.79 Å². The maximum Gasteiger partial charge on any atom is 0.225 e. The van der Waals surface area contributed by atoms with Crippen LogP contribution in [-0.2, 0) is 11.3 Å². The molecular formula is C13H14N2O. The van der Waals surface area contributed by atoms with Crippen molar-refractivity contribution >= 4 is 5.91 Å². The minimum absolute atomic E-state index is 0.152. The minimum Gasteiger partial charge on any atom is -0.338 e. The molecule has 0 N–H and O–H groups in total. The van der Waals surface area contributed by atoms with Crippen LogP contribution in [0, 0.1) is 17.2 Å². The van der Waals surface area contributed by atoms with Crippen molar-refractivity contribution in [2.45, 2.75) is 19.9 Å². The van der Waals surface area contributed by atoms with Crippen molar-refractivity contribution in [3.8, 4) is 6.07 Å². The van der Waals surface area contributed by atoms with Crippen LogP contribution in [0.1, 0.15) is 24.5 Å². The molecule has 1 aromatic rings. The molecule has 0 bridgehead atoms. The van der Waals surface area contributed by atoms with Gasteiger partial charge in [-0.25, -0.2) is 0 Å². The Bertz CT molecular complexity index is 447. The highest BCUT2D eigenvalue weighted by Gasteiger charge is 2.27.